The number of para-hydroxylation sites is 1. The summed E-state index contributed by atoms with van der Waals surface area (Å²) < 4.78 is 12.3. The van der Waals surface area contributed by atoms with Crippen LogP contribution in [0, 0.1) is 0 Å². The maximum atomic E-state index is 12.9. The second kappa shape index (κ2) is 11.7. The van der Waals surface area contributed by atoms with Crippen molar-refractivity contribution in [3.8, 4) is 5.75 Å². The second-order valence-corrected chi connectivity index (χ2v) is 8.03. The number of hydrogen-bond acceptors (Lipinski definition) is 6. The van der Waals surface area contributed by atoms with Gasteiger partial charge in [-0.15, -0.1) is 0 Å². The molecule has 0 unspecified atom stereocenters. The van der Waals surface area contributed by atoms with Gasteiger partial charge in [0.2, 0.25) is 5.91 Å². The van der Waals surface area contributed by atoms with E-state index in [9.17, 15) is 9.59 Å². The average Bonchev–Trinajstić information content (AvgIpc) is 2.78. The molecule has 3 rings (SSSR count). The summed E-state index contributed by atoms with van der Waals surface area (Å²) in [7, 11) is 1.62. The Kier molecular flexibility index (Phi) is 8.75. The van der Waals surface area contributed by atoms with Crippen LogP contribution < -0.4 is 15.6 Å². The van der Waals surface area contributed by atoms with E-state index in [2.05, 4.69) is 10.3 Å². The molecule has 0 aliphatic heterocycles. The maximum Gasteiger partial charge on any atom is 0.262 e. The van der Waals surface area contributed by atoms with Crippen molar-refractivity contribution in [1.29, 1.82) is 0 Å². The lowest BCUT2D eigenvalue weighted by Gasteiger charge is -2.13. The van der Waals surface area contributed by atoms with Crippen molar-refractivity contribution < 1.29 is 14.3 Å². The first-order valence-corrected chi connectivity index (χ1v) is 11.2. The zero-order chi connectivity index (χ0) is 22.1. The van der Waals surface area contributed by atoms with E-state index in [0.29, 0.717) is 59.6 Å². The lowest BCUT2D eigenvalue weighted by Crippen LogP contribution is -2.30. The number of halogens is 1. The minimum absolute atomic E-state index is 0.110. The monoisotopic (exact) mass is 461 g/mol. The summed E-state index contributed by atoms with van der Waals surface area (Å²) in [6.45, 7) is 1.72. The number of carbonyl (C=O) groups is 1. The van der Waals surface area contributed by atoms with Crippen molar-refractivity contribution in [2.24, 2.45) is 0 Å². The highest BCUT2D eigenvalue weighted by atomic mass is 35.5. The Labute approximate surface area is 189 Å². The molecule has 0 fully saturated rings. The van der Waals surface area contributed by atoms with E-state index in [0.717, 1.165) is 0 Å². The third kappa shape index (κ3) is 6.72. The molecule has 9 heteroatoms. The molecule has 0 radical (unpaired) electrons. The minimum Gasteiger partial charge on any atom is -0.492 e. The summed E-state index contributed by atoms with van der Waals surface area (Å²) in [4.78, 5) is 29.8. The molecule has 31 heavy (non-hydrogen) atoms. The van der Waals surface area contributed by atoms with Gasteiger partial charge in [-0.3, -0.25) is 14.2 Å². The van der Waals surface area contributed by atoms with Crippen molar-refractivity contribution >= 4 is 40.2 Å². The molecular formula is C22H24ClN3O4S. The van der Waals surface area contributed by atoms with Crippen molar-refractivity contribution in [2.45, 2.75) is 18.1 Å². The topological polar surface area (TPSA) is 82.4 Å². The molecule has 1 amide bonds. The van der Waals surface area contributed by atoms with Gasteiger partial charge >= 0.3 is 0 Å². The number of ether oxygens (including phenoxy) is 2. The van der Waals surface area contributed by atoms with Crippen molar-refractivity contribution in [2.75, 3.05) is 32.6 Å². The van der Waals surface area contributed by atoms with Crippen LogP contribution in [-0.2, 0) is 16.1 Å². The number of fused-ring (bicyclic) bond motifs is 1. The zero-order valence-corrected chi connectivity index (χ0v) is 18.7. The zero-order valence-electron chi connectivity index (χ0n) is 17.2. The first-order chi connectivity index (χ1) is 15.1. The maximum absolute atomic E-state index is 12.9. The number of amides is 1. The van der Waals surface area contributed by atoms with E-state index in [1.54, 1.807) is 48.1 Å². The summed E-state index contributed by atoms with van der Waals surface area (Å²) in [6, 6.07) is 14.3. The van der Waals surface area contributed by atoms with Gasteiger partial charge in [0.15, 0.2) is 5.16 Å². The lowest BCUT2D eigenvalue weighted by atomic mass is 10.2. The Morgan fingerprint density at radius 2 is 1.94 bits per heavy atom. The fourth-order valence-electron chi connectivity index (χ4n) is 2.89. The quantitative estimate of drug-likeness (QED) is 0.268. The van der Waals surface area contributed by atoms with Gasteiger partial charge in [0.25, 0.3) is 5.56 Å². The van der Waals surface area contributed by atoms with E-state index in [-0.39, 0.29) is 17.2 Å². The number of hydrogen-bond donors (Lipinski definition) is 1. The van der Waals surface area contributed by atoms with E-state index in [1.165, 1.54) is 11.8 Å². The number of nitrogens with one attached hydrogen (secondary N) is 1. The van der Waals surface area contributed by atoms with Crippen LogP contribution in [0.15, 0.2) is 58.5 Å². The predicted octanol–water partition coefficient (Wildman–Crippen LogP) is 3.37. The molecule has 3 aromatic rings. The molecule has 164 valence electrons. The minimum atomic E-state index is -0.157. The van der Waals surface area contributed by atoms with Gasteiger partial charge in [-0.1, -0.05) is 35.5 Å². The standard InChI is InChI=1S/C22H24ClN3O4S/c1-29-13-4-12-26-21(28)18-5-2-3-6-19(18)25-22(26)31-15-20(27)24-11-14-30-17-9-7-16(23)8-10-17/h2-3,5-10H,4,11-15H2,1H3,(H,24,27). The molecule has 0 atom stereocenters. The SMILES string of the molecule is COCCCn1c(SCC(=O)NCCOc2ccc(Cl)cc2)nc2ccccc2c1=O. The first kappa shape index (κ1) is 23.1. The van der Waals surface area contributed by atoms with E-state index in [1.807, 2.05) is 12.1 Å². The van der Waals surface area contributed by atoms with Crippen molar-refractivity contribution in [3.63, 3.8) is 0 Å². The highest BCUT2D eigenvalue weighted by Crippen LogP contribution is 2.18. The van der Waals surface area contributed by atoms with Gasteiger partial charge in [-0.2, -0.15) is 0 Å². The summed E-state index contributed by atoms with van der Waals surface area (Å²) in [5.74, 6) is 0.680. The lowest BCUT2D eigenvalue weighted by molar-refractivity contribution is -0.118. The van der Waals surface area contributed by atoms with Crippen LogP contribution in [0.3, 0.4) is 0 Å². The molecule has 0 aliphatic rings. The van der Waals surface area contributed by atoms with Gasteiger partial charge in [-0.05, 0) is 42.8 Å². The molecule has 1 aromatic heterocycles. The Bertz CT molecular complexity index is 1070. The number of methoxy groups -OCH3 is 1. The molecule has 2 aromatic carbocycles. The smallest absolute Gasteiger partial charge is 0.262 e. The van der Waals surface area contributed by atoms with E-state index >= 15 is 0 Å². The molecule has 7 nitrogen and oxygen atoms in total. The number of nitrogens with zero attached hydrogens (tertiary/aromatic N) is 2. The number of thioether (sulfide) groups is 1. The Hall–Kier alpha value is -2.55. The molecule has 0 bridgehead atoms. The second-order valence-electron chi connectivity index (χ2n) is 6.66. The van der Waals surface area contributed by atoms with Gasteiger partial charge in [0.05, 0.1) is 23.2 Å². The normalized spacial score (nSPS) is 10.9. The van der Waals surface area contributed by atoms with Crippen LogP contribution >= 0.6 is 23.4 Å². The highest BCUT2D eigenvalue weighted by molar-refractivity contribution is 7.99. The number of carbonyl (C=O) groups excluding carboxylic acids is 1. The van der Waals surface area contributed by atoms with Crippen LogP contribution in [0.25, 0.3) is 10.9 Å². The Morgan fingerprint density at radius 3 is 2.71 bits per heavy atom. The van der Waals surface area contributed by atoms with Crippen LogP contribution in [0.4, 0.5) is 0 Å². The molecule has 0 saturated carbocycles. The molecule has 1 N–H and O–H groups in total. The number of benzene rings is 2. The fourth-order valence-corrected chi connectivity index (χ4v) is 3.87. The molecule has 1 heterocycles. The van der Waals surface area contributed by atoms with Crippen molar-refractivity contribution in [3.05, 3.63) is 63.9 Å². The van der Waals surface area contributed by atoms with Crippen molar-refractivity contribution in [1.82, 2.24) is 14.9 Å². The van der Waals surface area contributed by atoms with E-state index in [4.69, 9.17) is 21.1 Å². The summed E-state index contributed by atoms with van der Waals surface area (Å²) in [6.07, 6.45) is 0.679. The van der Waals surface area contributed by atoms with Gasteiger partial charge in [-0.25, -0.2) is 4.98 Å². The van der Waals surface area contributed by atoms with Crippen LogP contribution in [-0.4, -0.2) is 48.1 Å². The highest BCUT2D eigenvalue weighted by Gasteiger charge is 2.13. The molecule has 0 saturated heterocycles. The first-order valence-electron chi connectivity index (χ1n) is 9.85. The molecule has 0 spiro atoms. The average molecular weight is 462 g/mol. The number of aromatic nitrogens is 2. The third-order valence-electron chi connectivity index (χ3n) is 4.40. The fraction of sp³-hybridized carbons (Fsp3) is 0.318. The third-order valence-corrected chi connectivity index (χ3v) is 5.62. The molecular weight excluding hydrogens is 438 g/mol. The van der Waals surface area contributed by atoms with Gasteiger partial charge in [0, 0.05) is 25.3 Å². The van der Waals surface area contributed by atoms with Crippen LogP contribution in [0.5, 0.6) is 5.75 Å². The predicted molar refractivity (Wildman–Crippen MR) is 123 cm³/mol. The van der Waals surface area contributed by atoms with Crippen LogP contribution in [0.2, 0.25) is 5.02 Å². The van der Waals surface area contributed by atoms with Crippen LogP contribution in [0.1, 0.15) is 6.42 Å². The Morgan fingerprint density at radius 1 is 1.16 bits per heavy atom. The number of rotatable bonds is 11. The Balaban J connectivity index is 1.57. The van der Waals surface area contributed by atoms with Gasteiger partial charge in [0.1, 0.15) is 12.4 Å². The van der Waals surface area contributed by atoms with E-state index < -0.39 is 0 Å². The summed E-state index contributed by atoms with van der Waals surface area (Å²) in [5, 5.41) is 4.54. The summed E-state index contributed by atoms with van der Waals surface area (Å²) in [5.41, 5.74) is 0.510. The van der Waals surface area contributed by atoms with Gasteiger partial charge < -0.3 is 14.8 Å². The molecule has 0 aliphatic carbocycles. The summed E-state index contributed by atoms with van der Waals surface area (Å²) >= 11 is 7.08. The largest absolute Gasteiger partial charge is 0.492 e.